The molecule has 0 aliphatic carbocycles. The molecule has 0 bridgehead atoms. The molecule has 0 aromatic heterocycles. The summed E-state index contributed by atoms with van der Waals surface area (Å²) in [5.41, 5.74) is 3.29. The SMILES string of the molecule is Cc1ccc(NC(=O)C(=O)NCc2ccc(F)cc2)c(C)c1. The minimum Gasteiger partial charge on any atom is -0.344 e. The number of carbonyl (C=O) groups is 2. The molecule has 114 valence electrons. The smallest absolute Gasteiger partial charge is 0.313 e. The van der Waals surface area contributed by atoms with Crippen LogP contribution in [-0.4, -0.2) is 11.8 Å². The molecule has 0 radical (unpaired) electrons. The molecule has 0 fully saturated rings. The zero-order chi connectivity index (χ0) is 16.1. The molecule has 0 aliphatic heterocycles. The summed E-state index contributed by atoms with van der Waals surface area (Å²) in [7, 11) is 0. The molecule has 2 aromatic carbocycles. The van der Waals surface area contributed by atoms with E-state index in [0.717, 1.165) is 11.1 Å². The standard InChI is InChI=1S/C17H17FN2O2/c1-11-3-8-15(12(2)9-11)20-17(22)16(21)19-10-13-4-6-14(18)7-5-13/h3-9H,10H2,1-2H3,(H,19,21)(H,20,22). The van der Waals surface area contributed by atoms with Crippen molar-refractivity contribution in [2.45, 2.75) is 20.4 Å². The van der Waals surface area contributed by atoms with Gasteiger partial charge in [0, 0.05) is 12.2 Å². The van der Waals surface area contributed by atoms with Crippen molar-refractivity contribution in [3.05, 3.63) is 65.0 Å². The van der Waals surface area contributed by atoms with Gasteiger partial charge in [-0.1, -0.05) is 29.8 Å². The van der Waals surface area contributed by atoms with Crippen molar-refractivity contribution in [3.8, 4) is 0 Å². The third kappa shape index (κ3) is 4.15. The molecule has 5 heteroatoms. The molecule has 2 amide bonds. The predicted octanol–water partition coefficient (Wildman–Crippen LogP) is 2.70. The number of rotatable bonds is 3. The van der Waals surface area contributed by atoms with Crippen LogP contribution < -0.4 is 10.6 Å². The van der Waals surface area contributed by atoms with Crippen molar-refractivity contribution in [2.24, 2.45) is 0 Å². The zero-order valence-electron chi connectivity index (χ0n) is 12.4. The van der Waals surface area contributed by atoms with Crippen LogP contribution in [0.1, 0.15) is 16.7 Å². The summed E-state index contributed by atoms with van der Waals surface area (Å²) in [5.74, 6) is -1.80. The molecule has 2 aromatic rings. The molecule has 0 spiro atoms. The summed E-state index contributed by atoms with van der Waals surface area (Å²) in [6.07, 6.45) is 0. The minimum atomic E-state index is -0.732. The number of anilines is 1. The molecule has 0 aliphatic rings. The average molecular weight is 300 g/mol. The second-order valence-electron chi connectivity index (χ2n) is 5.08. The van der Waals surface area contributed by atoms with Crippen molar-refractivity contribution in [2.75, 3.05) is 5.32 Å². The summed E-state index contributed by atoms with van der Waals surface area (Å²) in [6.45, 7) is 3.98. The largest absolute Gasteiger partial charge is 0.344 e. The van der Waals surface area contributed by atoms with Crippen LogP contribution >= 0.6 is 0 Å². The van der Waals surface area contributed by atoms with Gasteiger partial charge in [-0.2, -0.15) is 0 Å². The van der Waals surface area contributed by atoms with E-state index >= 15 is 0 Å². The Bertz CT molecular complexity index is 696. The van der Waals surface area contributed by atoms with E-state index in [1.54, 1.807) is 18.2 Å². The number of carbonyl (C=O) groups excluding carboxylic acids is 2. The van der Waals surface area contributed by atoms with E-state index < -0.39 is 11.8 Å². The number of halogens is 1. The fraction of sp³-hybridized carbons (Fsp3) is 0.176. The Morgan fingerprint density at radius 1 is 1.00 bits per heavy atom. The Morgan fingerprint density at radius 2 is 1.68 bits per heavy atom. The number of hydrogen-bond donors (Lipinski definition) is 2. The Morgan fingerprint density at radius 3 is 2.32 bits per heavy atom. The maximum Gasteiger partial charge on any atom is 0.313 e. The lowest BCUT2D eigenvalue weighted by atomic mass is 10.1. The van der Waals surface area contributed by atoms with Crippen LogP contribution in [-0.2, 0) is 16.1 Å². The maximum atomic E-state index is 12.8. The highest BCUT2D eigenvalue weighted by Gasteiger charge is 2.14. The fourth-order valence-corrected chi connectivity index (χ4v) is 2.00. The van der Waals surface area contributed by atoms with Gasteiger partial charge in [-0.05, 0) is 43.2 Å². The van der Waals surface area contributed by atoms with Crippen LogP contribution in [0, 0.1) is 19.7 Å². The first-order valence-corrected chi connectivity index (χ1v) is 6.86. The third-order valence-electron chi connectivity index (χ3n) is 3.20. The van der Waals surface area contributed by atoms with Gasteiger partial charge in [-0.3, -0.25) is 9.59 Å². The van der Waals surface area contributed by atoms with Gasteiger partial charge in [0.1, 0.15) is 5.82 Å². The highest BCUT2D eigenvalue weighted by molar-refractivity contribution is 6.39. The Balaban J connectivity index is 1.92. The highest BCUT2D eigenvalue weighted by atomic mass is 19.1. The van der Waals surface area contributed by atoms with Crippen molar-refractivity contribution < 1.29 is 14.0 Å². The number of amides is 2. The van der Waals surface area contributed by atoms with Gasteiger partial charge in [0.2, 0.25) is 0 Å². The molecule has 0 atom stereocenters. The topological polar surface area (TPSA) is 58.2 Å². The average Bonchev–Trinajstić information content (AvgIpc) is 2.49. The van der Waals surface area contributed by atoms with Gasteiger partial charge >= 0.3 is 11.8 Å². The lowest BCUT2D eigenvalue weighted by molar-refractivity contribution is -0.136. The normalized spacial score (nSPS) is 10.1. The summed E-state index contributed by atoms with van der Waals surface area (Å²) in [4.78, 5) is 23.6. The maximum absolute atomic E-state index is 12.8. The Kier molecular flexibility index (Phi) is 4.88. The molecular formula is C17H17FN2O2. The molecule has 0 heterocycles. The second-order valence-corrected chi connectivity index (χ2v) is 5.08. The fourth-order valence-electron chi connectivity index (χ4n) is 2.00. The molecule has 2 N–H and O–H groups in total. The summed E-state index contributed by atoms with van der Waals surface area (Å²) >= 11 is 0. The number of nitrogens with one attached hydrogen (secondary N) is 2. The number of hydrogen-bond acceptors (Lipinski definition) is 2. The van der Waals surface area contributed by atoms with E-state index in [2.05, 4.69) is 10.6 Å². The second kappa shape index (κ2) is 6.85. The van der Waals surface area contributed by atoms with Crippen molar-refractivity contribution in [3.63, 3.8) is 0 Å². The van der Waals surface area contributed by atoms with Crippen LogP contribution in [0.4, 0.5) is 10.1 Å². The first-order chi connectivity index (χ1) is 10.5. The highest BCUT2D eigenvalue weighted by Crippen LogP contribution is 2.15. The van der Waals surface area contributed by atoms with Gasteiger partial charge in [0.05, 0.1) is 0 Å². The molecule has 0 unspecified atom stereocenters. The van der Waals surface area contributed by atoms with E-state index in [1.165, 1.54) is 12.1 Å². The molecule has 0 saturated carbocycles. The summed E-state index contributed by atoms with van der Waals surface area (Å²) in [6, 6.07) is 11.3. The molecule has 22 heavy (non-hydrogen) atoms. The van der Waals surface area contributed by atoms with Crippen LogP contribution in [0.15, 0.2) is 42.5 Å². The zero-order valence-corrected chi connectivity index (χ0v) is 12.4. The molecular weight excluding hydrogens is 283 g/mol. The van der Waals surface area contributed by atoms with Gasteiger partial charge in [0.15, 0.2) is 0 Å². The van der Waals surface area contributed by atoms with Gasteiger partial charge < -0.3 is 10.6 Å². The first kappa shape index (κ1) is 15.7. The lowest BCUT2D eigenvalue weighted by Gasteiger charge is -2.09. The van der Waals surface area contributed by atoms with Crippen molar-refractivity contribution in [1.29, 1.82) is 0 Å². The van der Waals surface area contributed by atoms with E-state index in [1.807, 2.05) is 26.0 Å². The summed E-state index contributed by atoms with van der Waals surface area (Å²) < 4.78 is 12.8. The Labute approximate surface area is 128 Å². The Hall–Kier alpha value is -2.69. The monoisotopic (exact) mass is 300 g/mol. The van der Waals surface area contributed by atoms with Crippen molar-refractivity contribution in [1.82, 2.24) is 5.32 Å². The summed E-state index contributed by atoms with van der Waals surface area (Å²) in [5, 5.41) is 5.07. The molecule has 0 saturated heterocycles. The minimum absolute atomic E-state index is 0.166. The third-order valence-corrected chi connectivity index (χ3v) is 3.20. The van der Waals surface area contributed by atoms with Crippen molar-refractivity contribution >= 4 is 17.5 Å². The van der Waals surface area contributed by atoms with Gasteiger partial charge in [-0.15, -0.1) is 0 Å². The van der Waals surface area contributed by atoms with E-state index in [-0.39, 0.29) is 12.4 Å². The van der Waals surface area contributed by atoms with Gasteiger partial charge in [-0.25, -0.2) is 4.39 Å². The molecule has 2 rings (SSSR count). The van der Waals surface area contributed by atoms with Crippen LogP contribution in [0.2, 0.25) is 0 Å². The van der Waals surface area contributed by atoms with Gasteiger partial charge in [0.25, 0.3) is 0 Å². The predicted molar refractivity (Wildman–Crippen MR) is 82.8 cm³/mol. The number of benzene rings is 2. The quantitative estimate of drug-likeness (QED) is 0.856. The lowest BCUT2D eigenvalue weighted by Crippen LogP contribution is -2.35. The number of aryl methyl sites for hydroxylation is 2. The van der Waals surface area contributed by atoms with Crippen LogP contribution in [0.3, 0.4) is 0 Å². The van der Waals surface area contributed by atoms with E-state index in [4.69, 9.17) is 0 Å². The molecule has 4 nitrogen and oxygen atoms in total. The first-order valence-electron chi connectivity index (χ1n) is 6.86. The van der Waals surface area contributed by atoms with Crippen LogP contribution in [0.25, 0.3) is 0 Å². The van der Waals surface area contributed by atoms with Crippen LogP contribution in [0.5, 0.6) is 0 Å². The van der Waals surface area contributed by atoms with E-state index in [9.17, 15) is 14.0 Å². The van der Waals surface area contributed by atoms with E-state index in [0.29, 0.717) is 11.3 Å².